The van der Waals surface area contributed by atoms with Crippen LogP contribution in [0, 0.1) is 0 Å². The normalized spacial score (nSPS) is 12.5. The summed E-state index contributed by atoms with van der Waals surface area (Å²) >= 11 is 0. The quantitative estimate of drug-likeness (QED) is 0.210. The lowest BCUT2D eigenvalue weighted by atomic mass is 9.99. The number of anilines is 6. The van der Waals surface area contributed by atoms with Crippen LogP contribution in [0.1, 0.15) is 37.1 Å². The maximum Gasteiger partial charge on any atom is 0.0563 e. The molecule has 0 spiro atoms. The molecule has 0 amide bonds. The van der Waals surface area contributed by atoms with E-state index in [2.05, 4.69) is 121 Å². The van der Waals surface area contributed by atoms with Crippen LogP contribution < -0.4 is 21.3 Å². The van der Waals surface area contributed by atoms with E-state index in [9.17, 15) is 0 Å². The van der Waals surface area contributed by atoms with Gasteiger partial charge in [-0.1, -0.05) is 60.7 Å². The van der Waals surface area contributed by atoms with E-state index >= 15 is 0 Å². The summed E-state index contributed by atoms with van der Waals surface area (Å²) in [4.78, 5) is 4.70. The molecule has 190 valence electrons. The maximum atomic E-state index is 5.98. The van der Waals surface area contributed by atoms with Crippen molar-refractivity contribution in [2.75, 3.05) is 21.3 Å². The Morgan fingerprint density at radius 2 is 0.684 bits per heavy atom. The molecule has 5 aromatic rings. The fourth-order valence-electron chi connectivity index (χ4n) is 4.99. The van der Waals surface area contributed by atoms with Crippen molar-refractivity contribution in [3.05, 3.63) is 145 Å². The fourth-order valence-corrected chi connectivity index (χ4v) is 4.99. The van der Waals surface area contributed by atoms with E-state index in [4.69, 9.17) is 11.5 Å². The standard InChI is InChI=1S/C34H34N4/c1-25(37(31-9-5-3-6-10-31)33-21-17-29(35)18-22-33)27-13-15-28(16-14-27)26(2)38(32-11-7-4-8-12-32)34-23-19-30(36)20-24-34/h3-26H,35-36H2,1-2H3. The summed E-state index contributed by atoms with van der Waals surface area (Å²) in [6, 6.07) is 46.4. The molecule has 0 aliphatic carbocycles. The number of benzene rings is 5. The molecule has 38 heavy (non-hydrogen) atoms. The molecule has 5 aromatic carbocycles. The summed E-state index contributed by atoms with van der Waals surface area (Å²) in [6.07, 6.45) is 0. The van der Waals surface area contributed by atoms with Crippen molar-refractivity contribution < 1.29 is 0 Å². The lowest BCUT2D eigenvalue weighted by Gasteiger charge is -2.33. The van der Waals surface area contributed by atoms with Gasteiger partial charge in [-0.25, -0.2) is 0 Å². The summed E-state index contributed by atoms with van der Waals surface area (Å²) in [5.74, 6) is 0. The van der Waals surface area contributed by atoms with Crippen LogP contribution >= 0.6 is 0 Å². The van der Waals surface area contributed by atoms with E-state index in [1.165, 1.54) is 11.1 Å². The zero-order chi connectivity index (χ0) is 26.5. The number of nitrogens with two attached hydrogens (primary N) is 2. The monoisotopic (exact) mass is 498 g/mol. The van der Waals surface area contributed by atoms with E-state index in [0.29, 0.717) is 0 Å². The van der Waals surface area contributed by atoms with Gasteiger partial charge in [0.05, 0.1) is 12.1 Å². The van der Waals surface area contributed by atoms with Gasteiger partial charge in [0, 0.05) is 34.1 Å². The first-order chi connectivity index (χ1) is 18.5. The first-order valence-corrected chi connectivity index (χ1v) is 13.0. The number of nitrogens with zero attached hydrogens (tertiary/aromatic N) is 2. The van der Waals surface area contributed by atoms with Crippen molar-refractivity contribution >= 4 is 34.1 Å². The first-order valence-electron chi connectivity index (χ1n) is 13.0. The van der Waals surface area contributed by atoms with Gasteiger partial charge in [0.2, 0.25) is 0 Å². The Kier molecular flexibility index (Phi) is 7.32. The maximum absolute atomic E-state index is 5.98. The zero-order valence-electron chi connectivity index (χ0n) is 21.9. The second kappa shape index (κ2) is 11.1. The minimum Gasteiger partial charge on any atom is -0.399 e. The minimum absolute atomic E-state index is 0.118. The van der Waals surface area contributed by atoms with Gasteiger partial charge in [-0.15, -0.1) is 0 Å². The summed E-state index contributed by atoms with van der Waals surface area (Å²) in [5.41, 5.74) is 20.5. The zero-order valence-corrected chi connectivity index (χ0v) is 21.9. The summed E-state index contributed by atoms with van der Waals surface area (Å²) in [6.45, 7) is 4.48. The van der Waals surface area contributed by atoms with Gasteiger partial charge >= 0.3 is 0 Å². The van der Waals surface area contributed by atoms with Crippen LogP contribution in [-0.4, -0.2) is 0 Å². The summed E-state index contributed by atoms with van der Waals surface area (Å²) < 4.78 is 0. The molecule has 0 saturated carbocycles. The molecule has 0 aliphatic heterocycles. The van der Waals surface area contributed by atoms with Crippen molar-refractivity contribution in [1.82, 2.24) is 0 Å². The molecule has 2 atom stereocenters. The predicted molar refractivity (Wildman–Crippen MR) is 162 cm³/mol. The minimum atomic E-state index is 0.118. The Morgan fingerprint density at radius 3 is 1.00 bits per heavy atom. The first kappa shape index (κ1) is 25.0. The number of para-hydroxylation sites is 2. The van der Waals surface area contributed by atoms with Crippen molar-refractivity contribution in [2.24, 2.45) is 0 Å². The van der Waals surface area contributed by atoms with Gasteiger partial charge < -0.3 is 21.3 Å². The Morgan fingerprint density at radius 1 is 0.395 bits per heavy atom. The van der Waals surface area contributed by atoms with Crippen molar-refractivity contribution in [3.63, 3.8) is 0 Å². The average Bonchev–Trinajstić information content (AvgIpc) is 2.96. The lowest BCUT2D eigenvalue weighted by molar-refractivity contribution is 0.758. The molecule has 0 saturated heterocycles. The molecule has 5 rings (SSSR count). The van der Waals surface area contributed by atoms with Crippen molar-refractivity contribution in [1.29, 1.82) is 0 Å². The summed E-state index contributed by atoms with van der Waals surface area (Å²) in [5, 5.41) is 0. The van der Waals surface area contributed by atoms with E-state index in [0.717, 1.165) is 34.1 Å². The topological polar surface area (TPSA) is 58.5 Å². The van der Waals surface area contributed by atoms with Gasteiger partial charge in [-0.05, 0) is 97.8 Å². The highest BCUT2D eigenvalue weighted by atomic mass is 15.2. The van der Waals surface area contributed by atoms with Crippen LogP contribution in [0.2, 0.25) is 0 Å². The Labute approximate surface area is 225 Å². The SMILES string of the molecule is CC(c1ccc(C(C)N(c2ccccc2)c2ccc(N)cc2)cc1)N(c1ccccc1)c1ccc(N)cc1. The molecule has 0 bridgehead atoms. The molecule has 4 heteroatoms. The van der Waals surface area contributed by atoms with E-state index in [1.54, 1.807) is 0 Å². The van der Waals surface area contributed by atoms with Gasteiger partial charge in [-0.2, -0.15) is 0 Å². The molecule has 2 unspecified atom stereocenters. The second-order valence-corrected chi connectivity index (χ2v) is 9.61. The predicted octanol–water partition coefficient (Wildman–Crippen LogP) is 8.65. The lowest BCUT2D eigenvalue weighted by Crippen LogP contribution is -2.23. The Balaban J connectivity index is 1.46. The van der Waals surface area contributed by atoms with Gasteiger partial charge in [-0.3, -0.25) is 0 Å². The van der Waals surface area contributed by atoms with Gasteiger partial charge in [0.1, 0.15) is 0 Å². The van der Waals surface area contributed by atoms with Gasteiger partial charge in [0.15, 0.2) is 0 Å². The van der Waals surface area contributed by atoms with Crippen LogP contribution in [0.15, 0.2) is 133 Å². The van der Waals surface area contributed by atoms with Crippen molar-refractivity contribution in [2.45, 2.75) is 25.9 Å². The number of hydrogen-bond donors (Lipinski definition) is 2. The smallest absolute Gasteiger partial charge is 0.0563 e. The highest BCUT2D eigenvalue weighted by molar-refractivity contribution is 5.68. The molecule has 0 heterocycles. The number of nitrogen functional groups attached to an aromatic ring is 2. The Hall–Kier alpha value is -4.70. The van der Waals surface area contributed by atoms with Crippen LogP contribution in [0.4, 0.5) is 34.1 Å². The molecule has 0 radical (unpaired) electrons. The molecular formula is C34H34N4. The number of rotatable bonds is 8. The third-order valence-electron chi connectivity index (χ3n) is 7.09. The molecule has 0 aliphatic rings. The average molecular weight is 499 g/mol. The van der Waals surface area contributed by atoms with Crippen LogP contribution in [0.3, 0.4) is 0 Å². The largest absolute Gasteiger partial charge is 0.399 e. The van der Waals surface area contributed by atoms with Gasteiger partial charge in [0.25, 0.3) is 0 Å². The Bertz CT molecular complexity index is 1320. The highest BCUT2D eigenvalue weighted by Crippen LogP contribution is 2.38. The van der Waals surface area contributed by atoms with Crippen LogP contribution in [-0.2, 0) is 0 Å². The molecule has 4 nitrogen and oxygen atoms in total. The molecule has 0 aromatic heterocycles. The van der Waals surface area contributed by atoms with E-state index < -0.39 is 0 Å². The highest BCUT2D eigenvalue weighted by Gasteiger charge is 2.21. The third kappa shape index (κ3) is 5.35. The molecule has 0 fully saturated rings. The molecular weight excluding hydrogens is 464 g/mol. The number of hydrogen-bond acceptors (Lipinski definition) is 4. The van der Waals surface area contributed by atoms with E-state index in [1.807, 2.05) is 36.4 Å². The van der Waals surface area contributed by atoms with Crippen LogP contribution in [0.25, 0.3) is 0 Å². The van der Waals surface area contributed by atoms with E-state index in [-0.39, 0.29) is 12.1 Å². The van der Waals surface area contributed by atoms with Crippen LogP contribution in [0.5, 0.6) is 0 Å². The second-order valence-electron chi connectivity index (χ2n) is 9.61. The summed E-state index contributed by atoms with van der Waals surface area (Å²) in [7, 11) is 0. The fraction of sp³-hybridized carbons (Fsp3) is 0.118. The van der Waals surface area contributed by atoms with Crippen molar-refractivity contribution in [3.8, 4) is 0 Å². The molecule has 4 N–H and O–H groups in total. The third-order valence-corrected chi connectivity index (χ3v) is 7.09.